The number of aliphatic hydroxyl groups excluding tert-OH is 1. The molecule has 29 heavy (non-hydrogen) atoms. The van der Waals surface area contributed by atoms with E-state index in [0.717, 1.165) is 16.8 Å². The van der Waals surface area contributed by atoms with Crippen LogP contribution in [0.5, 0.6) is 0 Å². The molecule has 1 saturated heterocycles. The van der Waals surface area contributed by atoms with Gasteiger partial charge in [0.05, 0.1) is 12.7 Å². The molecule has 0 saturated carbocycles. The molecule has 6 atom stereocenters. The normalized spacial score (nSPS) is 29.3. The Morgan fingerprint density at radius 2 is 1.76 bits per heavy atom. The van der Waals surface area contributed by atoms with Crippen molar-refractivity contribution in [2.75, 3.05) is 6.61 Å². The first-order valence-electron chi connectivity index (χ1n) is 7.53. The van der Waals surface area contributed by atoms with E-state index in [1.807, 2.05) is 4.98 Å². The fourth-order valence-electron chi connectivity index (χ4n) is 2.45. The second-order valence-corrected chi connectivity index (χ2v) is 10.2. The molecule has 19 heteroatoms. The predicted molar refractivity (Wildman–Crippen MR) is 90.2 cm³/mol. The van der Waals surface area contributed by atoms with Crippen LogP contribution in [0.3, 0.4) is 0 Å². The number of rotatable bonds is 8. The van der Waals surface area contributed by atoms with E-state index in [4.69, 9.17) is 19.4 Å². The zero-order valence-corrected chi connectivity index (χ0v) is 17.1. The minimum absolute atomic E-state index is 0.665. The molecule has 1 aliphatic rings. The average Bonchev–Trinajstić information content (AvgIpc) is 2.78. The number of aromatic amines is 1. The van der Waals surface area contributed by atoms with Gasteiger partial charge in [-0.15, -0.1) is 0 Å². The second-order valence-electron chi connectivity index (χ2n) is 5.82. The quantitative estimate of drug-likeness (QED) is 0.238. The van der Waals surface area contributed by atoms with E-state index >= 15 is 0 Å². The van der Waals surface area contributed by atoms with E-state index in [-0.39, 0.29) is 0 Å². The summed E-state index contributed by atoms with van der Waals surface area (Å²) in [5, 5.41) is 10.2. The zero-order valence-electron chi connectivity index (χ0n) is 14.4. The van der Waals surface area contributed by atoms with Crippen LogP contribution in [0.2, 0.25) is 0 Å². The molecule has 1 aromatic rings. The highest BCUT2D eigenvalue weighted by molar-refractivity contribution is 7.66. The minimum atomic E-state index is -5.68. The minimum Gasteiger partial charge on any atom is -0.390 e. The van der Waals surface area contributed by atoms with Gasteiger partial charge in [0, 0.05) is 18.2 Å². The van der Waals surface area contributed by atoms with Crippen LogP contribution in [0.15, 0.2) is 21.9 Å². The Kier molecular flexibility index (Phi) is 7.23. The van der Waals surface area contributed by atoms with Gasteiger partial charge in [-0.2, -0.15) is 8.62 Å². The Morgan fingerprint density at radius 3 is 2.31 bits per heavy atom. The van der Waals surface area contributed by atoms with Gasteiger partial charge in [0.25, 0.3) is 5.56 Å². The molecule has 2 rings (SSSR count). The summed E-state index contributed by atoms with van der Waals surface area (Å²) in [5.74, 6) is -0.756. The van der Waals surface area contributed by atoms with E-state index in [2.05, 4.69) is 13.1 Å². The molecule has 0 spiro atoms. The summed E-state index contributed by atoms with van der Waals surface area (Å²) in [4.78, 5) is 60.4. The third kappa shape index (κ3) is 6.76. The lowest BCUT2D eigenvalue weighted by Crippen LogP contribution is -2.33. The van der Waals surface area contributed by atoms with E-state index in [0.29, 0.717) is 0 Å². The van der Waals surface area contributed by atoms with Crippen molar-refractivity contribution in [3.8, 4) is 0 Å². The maximum Gasteiger partial charge on any atom is 0.490 e. The van der Waals surface area contributed by atoms with Crippen LogP contribution in [0.1, 0.15) is 13.2 Å². The van der Waals surface area contributed by atoms with Gasteiger partial charge in [-0.05, 0) is 0 Å². The van der Waals surface area contributed by atoms with Gasteiger partial charge in [0.1, 0.15) is 12.3 Å². The summed E-state index contributed by atoms with van der Waals surface area (Å²) >= 11 is 0. The highest BCUT2D eigenvalue weighted by atomic mass is 31.3. The van der Waals surface area contributed by atoms with E-state index < -0.39 is 65.7 Å². The highest BCUT2D eigenvalue weighted by Gasteiger charge is 2.45. The van der Waals surface area contributed by atoms with Gasteiger partial charge in [0.15, 0.2) is 0 Å². The van der Waals surface area contributed by atoms with Crippen molar-refractivity contribution in [2.45, 2.75) is 25.4 Å². The van der Waals surface area contributed by atoms with E-state index in [1.54, 1.807) is 0 Å². The lowest BCUT2D eigenvalue weighted by atomic mass is 10.0. The van der Waals surface area contributed by atoms with Gasteiger partial charge in [0.2, 0.25) is 0 Å². The molecule has 1 aromatic heterocycles. The zero-order chi connectivity index (χ0) is 22.2. The Bertz CT molecular complexity index is 998. The molecule has 1 fully saturated rings. The summed E-state index contributed by atoms with van der Waals surface area (Å²) in [7, 11) is -16.6. The third-order valence-electron chi connectivity index (χ3n) is 3.63. The first-order valence-corrected chi connectivity index (χ1v) is 12.1. The molecule has 0 aromatic carbocycles. The van der Waals surface area contributed by atoms with Crippen LogP contribution in [-0.4, -0.2) is 53.0 Å². The number of nitrogens with one attached hydrogen (secondary N) is 1. The SMILES string of the molecule is C[C@H]1C(n2ccc(=O)[nH]c2=O)OC(COP(=O)(O)OP(=O)(O)OP(=O)(O)O)[C@H]1O. The topological polar surface area (TPSA) is 244 Å². The third-order valence-corrected chi connectivity index (χ3v) is 7.43. The summed E-state index contributed by atoms with van der Waals surface area (Å²) in [6, 6.07) is 1.03. The first kappa shape index (κ1) is 24.3. The van der Waals surface area contributed by atoms with Crippen molar-refractivity contribution in [2.24, 2.45) is 5.92 Å². The lowest BCUT2D eigenvalue weighted by Gasteiger charge is -2.19. The molecule has 4 unspecified atom stereocenters. The maximum atomic E-state index is 11.8. The number of H-pyrrole nitrogens is 1. The molecule has 6 N–H and O–H groups in total. The van der Waals surface area contributed by atoms with Crippen molar-refractivity contribution in [1.82, 2.24) is 9.55 Å². The molecule has 0 radical (unpaired) electrons. The van der Waals surface area contributed by atoms with Gasteiger partial charge in [-0.1, -0.05) is 6.92 Å². The van der Waals surface area contributed by atoms with Crippen molar-refractivity contribution in [3.05, 3.63) is 33.1 Å². The monoisotopic (exact) mass is 482 g/mol. The van der Waals surface area contributed by atoms with Crippen LogP contribution in [0.4, 0.5) is 0 Å². The van der Waals surface area contributed by atoms with Gasteiger partial charge < -0.3 is 29.4 Å². The summed E-state index contributed by atoms with van der Waals surface area (Å²) in [5.41, 5.74) is -1.50. The summed E-state index contributed by atoms with van der Waals surface area (Å²) in [6.45, 7) is 0.585. The highest BCUT2D eigenvalue weighted by Crippen LogP contribution is 2.66. The van der Waals surface area contributed by atoms with Crippen LogP contribution in [0, 0.1) is 5.92 Å². The second kappa shape index (κ2) is 8.63. The number of hydrogen-bond acceptors (Lipinski definition) is 10. The lowest BCUT2D eigenvalue weighted by molar-refractivity contribution is -0.0468. The molecule has 0 aliphatic carbocycles. The van der Waals surface area contributed by atoms with Crippen molar-refractivity contribution >= 4 is 23.5 Å². The van der Waals surface area contributed by atoms with Crippen LogP contribution < -0.4 is 11.2 Å². The van der Waals surface area contributed by atoms with Crippen LogP contribution in [0.25, 0.3) is 0 Å². The Morgan fingerprint density at radius 1 is 1.14 bits per heavy atom. The molecule has 0 amide bonds. The average molecular weight is 482 g/mol. The van der Waals surface area contributed by atoms with Gasteiger partial charge in [-0.25, -0.2) is 18.5 Å². The Balaban J connectivity index is 2.06. The van der Waals surface area contributed by atoms with Crippen molar-refractivity contribution in [3.63, 3.8) is 0 Å². The Labute approximate surface area is 161 Å². The van der Waals surface area contributed by atoms with Gasteiger partial charge in [-0.3, -0.25) is 18.9 Å². The number of phosphoric ester groups is 1. The smallest absolute Gasteiger partial charge is 0.390 e. The first-order chi connectivity index (χ1) is 13.1. The number of hydrogen-bond donors (Lipinski definition) is 6. The maximum absolute atomic E-state index is 11.8. The van der Waals surface area contributed by atoms with E-state index in [1.165, 1.54) is 6.92 Å². The molecule has 166 valence electrons. The number of aromatic nitrogens is 2. The fraction of sp³-hybridized carbons (Fsp3) is 0.600. The summed E-state index contributed by atoms with van der Waals surface area (Å²) in [6.07, 6.45) is -2.64. The van der Waals surface area contributed by atoms with E-state index in [9.17, 15) is 33.3 Å². The van der Waals surface area contributed by atoms with Crippen molar-refractivity contribution in [1.29, 1.82) is 0 Å². The van der Waals surface area contributed by atoms with Crippen LogP contribution >= 0.6 is 23.5 Å². The molecule has 1 aliphatic heterocycles. The van der Waals surface area contributed by atoms with Crippen LogP contribution in [-0.2, 0) is 31.6 Å². The molecular formula is C10H17N2O14P3. The molecular weight excluding hydrogens is 465 g/mol. The fourth-order valence-corrected chi connectivity index (χ4v) is 5.48. The van der Waals surface area contributed by atoms with Gasteiger partial charge >= 0.3 is 29.2 Å². The standard InChI is InChI=1S/C10H17N2O14P3/c1-5-8(14)6(24-9(5)12-3-2-7(13)11-10(12)15)4-23-28(19,20)26-29(21,22)25-27(16,17)18/h2-3,5-6,8-9,14H,4H2,1H3,(H,19,20)(H,21,22)(H,11,13,15)(H2,16,17,18)/t5-,6?,8+,9?/m1/s1. The Hall–Kier alpha value is -0.990. The predicted octanol–water partition coefficient (Wildman–Crippen LogP) is -1.23. The summed E-state index contributed by atoms with van der Waals surface area (Å²) < 4.78 is 51.4. The number of phosphoric acid groups is 3. The molecule has 16 nitrogen and oxygen atoms in total. The molecule has 2 heterocycles. The van der Waals surface area contributed by atoms with Crippen molar-refractivity contribution < 1.29 is 56.3 Å². The molecule has 0 bridgehead atoms. The largest absolute Gasteiger partial charge is 0.490 e. The number of nitrogens with zero attached hydrogens (tertiary/aromatic N) is 1. The number of ether oxygens (including phenoxy) is 1. The number of aliphatic hydroxyl groups is 1.